The number of fused-ring (bicyclic) bond motifs is 2. The van der Waals surface area contributed by atoms with Crippen molar-refractivity contribution in [1.29, 1.82) is 0 Å². The summed E-state index contributed by atoms with van der Waals surface area (Å²) in [6.07, 6.45) is 0. The van der Waals surface area contributed by atoms with E-state index >= 15 is 0 Å². The molecule has 0 heterocycles. The Balaban J connectivity index is 0. The minimum atomic E-state index is 0. The molecule has 0 unspecified atom stereocenters. The van der Waals surface area contributed by atoms with E-state index in [1.165, 1.54) is 0 Å². The molecule has 0 N–H and O–H groups in total. The monoisotopic (exact) mass is 538 g/mol. The van der Waals surface area contributed by atoms with E-state index in [9.17, 15) is 0 Å². The van der Waals surface area contributed by atoms with Gasteiger partial charge < -0.3 is 43.8 Å². The molecule has 31 heavy (non-hydrogen) atoms. The van der Waals surface area contributed by atoms with E-state index in [2.05, 4.69) is 13.2 Å². The third kappa shape index (κ3) is 7.03. The molecule has 4 rings (SSSR count). The van der Waals surface area contributed by atoms with E-state index in [4.69, 9.17) is 18.9 Å². The first-order valence-corrected chi connectivity index (χ1v) is 8.76. The summed E-state index contributed by atoms with van der Waals surface area (Å²) in [6, 6.07) is 19.8. The Bertz CT molecular complexity index is 869. The quantitative estimate of drug-likeness (QED) is 0.269. The van der Waals surface area contributed by atoms with Crippen molar-refractivity contribution in [2.75, 3.05) is 28.4 Å². The van der Waals surface area contributed by atoms with Gasteiger partial charge >= 0.3 is 26.2 Å². The van der Waals surface area contributed by atoms with Gasteiger partial charge in [-0.25, -0.2) is 0 Å². The Labute approximate surface area is 215 Å². The molecule has 0 bridgehead atoms. The van der Waals surface area contributed by atoms with Crippen LogP contribution in [-0.2, 0) is 26.2 Å². The number of halogens is 2. The number of benzene rings is 2. The summed E-state index contributed by atoms with van der Waals surface area (Å²) in [4.78, 5) is 0. The molecular formula is C24H26Cl2O4Zr. The number of rotatable bonds is 4. The van der Waals surface area contributed by atoms with Gasteiger partial charge in [-0.15, -0.1) is 36.1 Å². The van der Waals surface area contributed by atoms with Crippen LogP contribution < -0.4 is 43.8 Å². The molecule has 0 amide bonds. The first-order valence-electron chi connectivity index (χ1n) is 8.76. The Morgan fingerprint density at radius 2 is 0.839 bits per heavy atom. The summed E-state index contributed by atoms with van der Waals surface area (Å²) in [6.45, 7) is 6.00. The third-order valence-corrected chi connectivity index (χ3v) is 4.35. The zero-order valence-electron chi connectivity index (χ0n) is 18.1. The average molecular weight is 541 g/mol. The molecule has 0 aliphatic carbocycles. The largest absolute Gasteiger partial charge is 4.00 e. The Morgan fingerprint density at radius 3 is 1.13 bits per heavy atom. The van der Waals surface area contributed by atoms with Crippen LogP contribution >= 0.6 is 0 Å². The molecule has 4 nitrogen and oxygen atoms in total. The summed E-state index contributed by atoms with van der Waals surface area (Å²) >= 11 is 0. The van der Waals surface area contributed by atoms with Gasteiger partial charge in [0.05, 0.1) is 39.9 Å². The second-order valence-electron chi connectivity index (χ2n) is 5.65. The predicted octanol–water partition coefficient (Wildman–Crippen LogP) is -0.0405. The van der Waals surface area contributed by atoms with Crippen molar-refractivity contribution in [2.45, 2.75) is 0 Å². The van der Waals surface area contributed by atoms with E-state index < -0.39 is 0 Å². The second kappa shape index (κ2) is 15.8. The van der Waals surface area contributed by atoms with E-state index in [0.29, 0.717) is 0 Å². The summed E-state index contributed by atoms with van der Waals surface area (Å²) < 4.78 is 20.9. The topological polar surface area (TPSA) is 36.9 Å². The standard InChI is InChI=1S/2C11H11O2.C2H4.2ClH.Zr/c2*1-12-10-6-7-11(13-2)9-5-3-4-8(9)10;1-2;;;/h2*3-7H,1-2H3;1-2H2;2*1H;/q2*-1;;;;+4/p-2. The predicted molar refractivity (Wildman–Crippen MR) is 117 cm³/mol. The molecule has 0 saturated carbocycles. The SMILES string of the molecule is C=C.COc1ccc(OC)c2[cH-]ccc12.COc1ccc(OC)c2[cH-]ccc12.[Cl-].[Cl-].[Zr+4]. The maximum atomic E-state index is 5.23. The van der Waals surface area contributed by atoms with Crippen molar-refractivity contribution in [2.24, 2.45) is 0 Å². The number of methoxy groups -OCH3 is 4. The van der Waals surface area contributed by atoms with Crippen molar-refractivity contribution in [1.82, 2.24) is 0 Å². The molecule has 0 aromatic heterocycles. The summed E-state index contributed by atoms with van der Waals surface area (Å²) in [5.74, 6) is 3.56. The molecule has 0 fully saturated rings. The minimum absolute atomic E-state index is 0. The molecule has 4 aromatic rings. The maximum Gasteiger partial charge on any atom is 4.00 e. The fraction of sp³-hybridized carbons (Fsp3) is 0.167. The van der Waals surface area contributed by atoms with Crippen molar-refractivity contribution < 1.29 is 70.0 Å². The molecule has 164 valence electrons. The van der Waals surface area contributed by atoms with Crippen LogP contribution in [0.4, 0.5) is 0 Å². The second-order valence-corrected chi connectivity index (χ2v) is 5.65. The smallest absolute Gasteiger partial charge is 1.00 e. The van der Waals surface area contributed by atoms with Crippen LogP contribution in [0.15, 0.2) is 73.8 Å². The van der Waals surface area contributed by atoms with E-state index in [0.717, 1.165) is 44.5 Å². The fourth-order valence-electron chi connectivity index (χ4n) is 3.07. The summed E-state index contributed by atoms with van der Waals surface area (Å²) in [5, 5.41) is 4.40. The van der Waals surface area contributed by atoms with E-state index in [1.807, 2.05) is 60.7 Å². The van der Waals surface area contributed by atoms with Gasteiger partial charge in [-0.3, -0.25) is 0 Å². The van der Waals surface area contributed by atoms with Gasteiger partial charge in [-0.05, 0) is 12.1 Å². The number of hydrogen-bond acceptors (Lipinski definition) is 4. The van der Waals surface area contributed by atoms with Crippen molar-refractivity contribution in [3.05, 3.63) is 73.8 Å². The number of ether oxygens (including phenoxy) is 4. The van der Waals surface area contributed by atoms with Gasteiger partial charge in [0.1, 0.15) is 0 Å². The van der Waals surface area contributed by atoms with Gasteiger partial charge in [0.25, 0.3) is 0 Å². The van der Waals surface area contributed by atoms with Gasteiger partial charge in [-0.2, -0.15) is 24.3 Å². The maximum absolute atomic E-state index is 5.23. The Hall–Kier alpha value is -1.94. The van der Waals surface area contributed by atoms with Gasteiger partial charge in [-0.1, -0.05) is 22.9 Å². The van der Waals surface area contributed by atoms with Gasteiger partial charge in [0, 0.05) is 11.5 Å². The zero-order valence-corrected chi connectivity index (χ0v) is 22.0. The molecule has 0 spiro atoms. The summed E-state index contributed by atoms with van der Waals surface area (Å²) in [7, 11) is 6.70. The molecule has 0 atom stereocenters. The van der Waals surface area contributed by atoms with Crippen LogP contribution in [0.25, 0.3) is 21.5 Å². The van der Waals surface area contributed by atoms with Crippen LogP contribution in [0, 0.1) is 0 Å². The van der Waals surface area contributed by atoms with Crippen LogP contribution in [0.5, 0.6) is 23.0 Å². The summed E-state index contributed by atoms with van der Waals surface area (Å²) in [5.41, 5.74) is 0. The molecule has 0 radical (unpaired) electrons. The number of hydrogen-bond donors (Lipinski definition) is 0. The minimum Gasteiger partial charge on any atom is -1.00 e. The van der Waals surface area contributed by atoms with Crippen molar-refractivity contribution in [3.8, 4) is 23.0 Å². The molecular weight excluding hydrogens is 514 g/mol. The molecule has 7 heteroatoms. The Morgan fingerprint density at radius 1 is 0.548 bits per heavy atom. The van der Waals surface area contributed by atoms with Crippen LogP contribution in [0.2, 0.25) is 0 Å². The van der Waals surface area contributed by atoms with Crippen molar-refractivity contribution in [3.63, 3.8) is 0 Å². The molecule has 0 saturated heterocycles. The van der Waals surface area contributed by atoms with Gasteiger partial charge in [0.15, 0.2) is 0 Å². The van der Waals surface area contributed by atoms with E-state index in [-0.39, 0.29) is 51.0 Å². The molecule has 4 aromatic carbocycles. The third-order valence-electron chi connectivity index (χ3n) is 4.35. The average Bonchev–Trinajstić information content (AvgIpc) is 3.44. The zero-order chi connectivity index (χ0) is 20.5. The first kappa shape index (κ1) is 31.3. The van der Waals surface area contributed by atoms with Crippen molar-refractivity contribution >= 4 is 21.5 Å². The van der Waals surface area contributed by atoms with Gasteiger partial charge in [0.2, 0.25) is 0 Å². The van der Waals surface area contributed by atoms with Crippen LogP contribution in [0.1, 0.15) is 0 Å². The van der Waals surface area contributed by atoms with E-state index in [1.54, 1.807) is 28.4 Å². The molecule has 0 aliphatic rings. The molecule has 0 aliphatic heterocycles. The van der Waals surface area contributed by atoms with Crippen LogP contribution in [0.3, 0.4) is 0 Å². The fourth-order valence-corrected chi connectivity index (χ4v) is 3.07. The normalized spacial score (nSPS) is 8.77. The van der Waals surface area contributed by atoms with Crippen LogP contribution in [-0.4, -0.2) is 28.4 Å². The first-order chi connectivity index (χ1) is 13.7. The Kier molecular flexibility index (Phi) is 15.9.